The number of benzene rings is 1. The van der Waals surface area contributed by atoms with Gasteiger partial charge in [0.1, 0.15) is 5.15 Å². The average Bonchev–Trinajstić information content (AvgIpc) is 2.40. The summed E-state index contributed by atoms with van der Waals surface area (Å²) in [6.07, 6.45) is 2.73. The van der Waals surface area contributed by atoms with Crippen LogP contribution in [0.3, 0.4) is 0 Å². The van der Waals surface area contributed by atoms with Crippen LogP contribution in [-0.2, 0) is 6.42 Å². The fourth-order valence-corrected chi connectivity index (χ4v) is 2.19. The summed E-state index contributed by atoms with van der Waals surface area (Å²) >= 11 is 6.06. The number of aromatic nitrogens is 1. The first-order valence-corrected chi connectivity index (χ1v) is 6.53. The number of rotatable bonds is 5. The van der Waals surface area contributed by atoms with E-state index < -0.39 is 0 Å². The molecule has 0 fully saturated rings. The molecule has 18 heavy (non-hydrogen) atoms. The minimum Gasteiger partial charge on any atom is -0.310 e. The lowest BCUT2D eigenvalue weighted by Gasteiger charge is -2.14. The number of pyridine rings is 1. The van der Waals surface area contributed by atoms with E-state index in [-0.39, 0.29) is 6.04 Å². The van der Waals surface area contributed by atoms with Crippen molar-refractivity contribution in [2.45, 2.75) is 19.4 Å². The van der Waals surface area contributed by atoms with Crippen molar-refractivity contribution in [1.82, 2.24) is 10.3 Å². The quantitative estimate of drug-likeness (QED) is 0.831. The minimum atomic E-state index is 0.218. The molecule has 1 unspecified atom stereocenters. The monoisotopic (exact) mass is 260 g/mol. The van der Waals surface area contributed by atoms with Crippen molar-refractivity contribution in [3.8, 4) is 0 Å². The summed E-state index contributed by atoms with van der Waals surface area (Å²) in [6.45, 7) is 3.03. The van der Waals surface area contributed by atoms with E-state index in [1.165, 1.54) is 5.56 Å². The third-order valence-corrected chi connectivity index (χ3v) is 3.28. The molecule has 2 nitrogen and oxygen atoms in total. The van der Waals surface area contributed by atoms with Gasteiger partial charge in [0.05, 0.1) is 0 Å². The Morgan fingerprint density at radius 3 is 2.67 bits per heavy atom. The van der Waals surface area contributed by atoms with Crippen LogP contribution in [0.15, 0.2) is 48.7 Å². The maximum absolute atomic E-state index is 6.06. The molecular formula is C15H17ClN2. The van der Waals surface area contributed by atoms with Gasteiger partial charge in [-0.1, -0.05) is 48.0 Å². The summed E-state index contributed by atoms with van der Waals surface area (Å²) in [7, 11) is 0. The molecule has 1 aromatic carbocycles. The van der Waals surface area contributed by atoms with E-state index in [9.17, 15) is 0 Å². The lowest BCUT2D eigenvalue weighted by atomic mass is 10.1. The number of nitrogens with zero attached hydrogens (tertiary/aromatic N) is 1. The maximum Gasteiger partial charge on any atom is 0.133 e. The van der Waals surface area contributed by atoms with Gasteiger partial charge in [0, 0.05) is 17.8 Å². The summed E-state index contributed by atoms with van der Waals surface area (Å²) in [5.41, 5.74) is 2.39. The molecule has 0 saturated heterocycles. The third kappa shape index (κ3) is 3.56. The summed E-state index contributed by atoms with van der Waals surface area (Å²) in [5, 5.41) is 4.04. The molecule has 0 aliphatic heterocycles. The van der Waals surface area contributed by atoms with Crippen LogP contribution in [0.5, 0.6) is 0 Å². The molecule has 1 aromatic heterocycles. The molecule has 0 aliphatic carbocycles. The van der Waals surface area contributed by atoms with Crippen molar-refractivity contribution >= 4 is 11.6 Å². The molecule has 1 N–H and O–H groups in total. The van der Waals surface area contributed by atoms with Crippen LogP contribution in [-0.4, -0.2) is 11.5 Å². The first-order valence-electron chi connectivity index (χ1n) is 6.15. The Labute approximate surface area is 113 Å². The second-order valence-corrected chi connectivity index (χ2v) is 4.65. The Kier molecular flexibility index (Phi) is 4.73. The van der Waals surface area contributed by atoms with Gasteiger partial charge in [0.15, 0.2) is 0 Å². The van der Waals surface area contributed by atoms with E-state index in [1.807, 2.05) is 18.2 Å². The first kappa shape index (κ1) is 13.1. The predicted octanol–water partition coefficient (Wildman–Crippen LogP) is 3.63. The smallest absolute Gasteiger partial charge is 0.133 e. The van der Waals surface area contributed by atoms with Gasteiger partial charge in [0.2, 0.25) is 0 Å². The molecule has 1 atom stereocenters. The lowest BCUT2D eigenvalue weighted by molar-refractivity contribution is 0.575. The highest BCUT2D eigenvalue weighted by atomic mass is 35.5. The van der Waals surface area contributed by atoms with Crippen molar-refractivity contribution in [2.24, 2.45) is 0 Å². The minimum absolute atomic E-state index is 0.218. The molecule has 0 saturated carbocycles. The van der Waals surface area contributed by atoms with Crippen LogP contribution in [0.25, 0.3) is 0 Å². The zero-order chi connectivity index (χ0) is 12.8. The molecule has 0 amide bonds. The zero-order valence-corrected chi connectivity index (χ0v) is 11.2. The molecule has 2 rings (SSSR count). The van der Waals surface area contributed by atoms with Gasteiger partial charge in [-0.25, -0.2) is 4.98 Å². The van der Waals surface area contributed by atoms with Crippen molar-refractivity contribution in [3.63, 3.8) is 0 Å². The second-order valence-electron chi connectivity index (χ2n) is 4.29. The zero-order valence-electron chi connectivity index (χ0n) is 10.4. The van der Waals surface area contributed by atoms with E-state index in [4.69, 9.17) is 11.6 Å². The normalized spacial score (nSPS) is 12.3. The van der Waals surface area contributed by atoms with Gasteiger partial charge < -0.3 is 5.32 Å². The molecule has 0 spiro atoms. The Balaban J connectivity index is 1.86. The summed E-state index contributed by atoms with van der Waals surface area (Å²) < 4.78 is 0. The number of nitrogens with one attached hydrogen (secondary N) is 1. The van der Waals surface area contributed by atoms with Crippen LogP contribution in [0.2, 0.25) is 5.15 Å². The summed E-state index contributed by atoms with van der Waals surface area (Å²) in [6, 6.07) is 14.6. The van der Waals surface area contributed by atoms with Crippen molar-refractivity contribution in [1.29, 1.82) is 0 Å². The SMILES string of the molecule is CC(NCCc1ccccc1)c1cccnc1Cl. The standard InChI is InChI=1S/C15H17ClN2/c1-12(14-8-5-10-18-15(14)16)17-11-9-13-6-3-2-4-7-13/h2-8,10,12,17H,9,11H2,1H3. The third-order valence-electron chi connectivity index (χ3n) is 2.96. The molecule has 2 aromatic rings. The summed E-state index contributed by atoms with van der Waals surface area (Å²) in [5.74, 6) is 0. The van der Waals surface area contributed by atoms with Crippen LogP contribution in [0.1, 0.15) is 24.1 Å². The van der Waals surface area contributed by atoms with Crippen LogP contribution >= 0.6 is 11.6 Å². The summed E-state index contributed by atoms with van der Waals surface area (Å²) in [4.78, 5) is 4.09. The predicted molar refractivity (Wildman–Crippen MR) is 75.8 cm³/mol. The molecule has 0 bridgehead atoms. The van der Waals surface area contributed by atoms with E-state index in [1.54, 1.807) is 6.20 Å². The Morgan fingerprint density at radius 1 is 1.17 bits per heavy atom. The van der Waals surface area contributed by atoms with Crippen molar-refractivity contribution in [3.05, 3.63) is 64.9 Å². The lowest BCUT2D eigenvalue weighted by Crippen LogP contribution is -2.21. The van der Waals surface area contributed by atoms with Crippen LogP contribution < -0.4 is 5.32 Å². The van der Waals surface area contributed by atoms with Crippen LogP contribution in [0.4, 0.5) is 0 Å². The maximum atomic E-state index is 6.06. The second kappa shape index (κ2) is 6.53. The Morgan fingerprint density at radius 2 is 1.94 bits per heavy atom. The molecule has 0 aliphatic rings. The van der Waals surface area contributed by atoms with Crippen molar-refractivity contribution < 1.29 is 0 Å². The van der Waals surface area contributed by atoms with Gasteiger partial charge in [-0.05, 0) is 31.5 Å². The molecular weight excluding hydrogens is 244 g/mol. The Hall–Kier alpha value is -1.38. The fraction of sp³-hybridized carbons (Fsp3) is 0.267. The van der Waals surface area contributed by atoms with Gasteiger partial charge >= 0.3 is 0 Å². The van der Waals surface area contributed by atoms with Gasteiger partial charge in [0.25, 0.3) is 0 Å². The highest BCUT2D eigenvalue weighted by Crippen LogP contribution is 2.19. The van der Waals surface area contributed by atoms with Gasteiger partial charge in [-0.3, -0.25) is 0 Å². The number of hydrogen-bond acceptors (Lipinski definition) is 2. The Bertz CT molecular complexity index is 485. The number of hydrogen-bond donors (Lipinski definition) is 1. The van der Waals surface area contributed by atoms with Gasteiger partial charge in [-0.15, -0.1) is 0 Å². The van der Waals surface area contributed by atoms with Gasteiger partial charge in [-0.2, -0.15) is 0 Å². The fourth-order valence-electron chi connectivity index (χ4n) is 1.91. The highest BCUT2D eigenvalue weighted by molar-refractivity contribution is 6.30. The molecule has 94 valence electrons. The van der Waals surface area contributed by atoms with Crippen LogP contribution in [0, 0.1) is 0 Å². The van der Waals surface area contributed by atoms with E-state index in [0.717, 1.165) is 18.5 Å². The molecule has 3 heteroatoms. The molecule has 1 heterocycles. The number of halogens is 1. The first-order chi connectivity index (χ1) is 8.77. The van der Waals surface area contributed by atoms with Crippen molar-refractivity contribution in [2.75, 3.05) is 6.54 Å². The van der Waals surface area contributed by atoms with E-state index in [0.29, 0.717) is 5.15 Å². The van der Waals surface area contributed by atoms with E-state index >= 15 is 0 Å². The average molecular weight is 261 g/mol. The topological polar surface area (TPSA) is 24.9 Å². The molecule has 0 radical (unpaired) electrons. The largest absolute Gasteiger partial charge is 0.310 e. The highest BCUT2D eigenvalue weighted by Gasteiger charge is 2.08. The van der Waals surface area contributed by atoms with E-state index in [2.05, 4.69) is 41.5 Å².